The molecule has 0 radical (unpaired) electrons. The van der Waals surface area contributed by atoms with Gasteiger partial charge in [0.15, 0.2) is 15.8 Å². The molecule has 0 saturated carbocycles. The lowest BCUT2D eigenvalue weighted by atomic mass is 9.95. The number of thioether (sulfide) groups is 1. The van der Waals surface area contributed by atoms with Gasteiger partial charge in [0.2, 0.25) is 5.13 Å². The van der Waals surface area contributed by atoms with Crippen molar-refractivity contribution < 1.29 is 28.6 Å². The van der Waals surface area contributed by atoms with Crippen LogP contribution in [0.2, 0.25) is 5.02 Å². The van der Waals surface area contributed by atoms with E-state index in [4.69, 9.17) is 21.1 Å². The van der Waals surface area contributed by atoms with Gasteiger partial charge in [0.05, 0.1) is 11.6 Å². The molecule has 6 rings (SSSR count). The fourth-order valence-electron chi connectivity index (χ4n) is 4.48. The van der Waals surface area contributed by atoms with Crippen LogP contribution >= 0.6 is 34.7 Å². The van der Waals surface area contributed by atoms with Gasteiger partial charge in [-0.3, -0.25) is 14.5 Å². The Labute approximate surface area is 241 Å². The molecule has 1 amide bonds. The molecular weight excluding hydrogens is 577 g/mol. The van der Waals surface area contributed by atoms with E-state index in [0.717, 1.165) is 11.3 Å². The van der Waals surface area contributed by atoms with Crippen LogP contribution in [0.15, 0.2) is 76.6 Å². The number of hydrogen-bond acceptors (Lipinski definition) is 9. The monoisotopic (exact) mass is 595 g/mol. The molecule has 4 aromatic rings. The van der Waals surface area contributed by atoms with Crippen LogP contribution in [0.25, 0.3) is 5.76 Å². The lowest BCUT2D eigenvalue weighted by molar-refractivity contribution is -0.132. The zero-order chi connectivity index (χ0) is 27.8. The Morgan fingerprint density at radius 2 is 1.85 bits per heavy atom. The molecule has 3 aromatic carbocycles. The minimum Gasteiger partial charge on any atom is -0.507 e. The van der Waals surface area contributed by atoms with Gasteiger partial charge >= 0.3 is 5.91 Å². The van der Waals surface area contributed by atoms with Gasteiger partial charge in [0.25, 0.3) is 5.78 Å². The molecule has 3 heterocycles. The third-order valence-electron chi connectivity index (χ3n) is 6.34. The Kier molecular flexibility index (Phi) is 7.18. The first-order chi connectivity index (χ1) is 19.4. The summed E-state index contributed by atoms with van der Waals surface area (Å²) in [5.74, 6) is -1.21. The van der Waals surface area contributed by atoms with Gasteiger partial charge in [-0.25, -0.2) is 4.39 Å². The number of aromatic nitrogens is 2. The van der Waals surface area contributed by atoms with Gasteiger partial charge < -0.3 is 14.6 Å². The summed E-state index contributed by atoms with van der Waals surface area (Å²) in [4.78, 5) is 28.1. The highest BCUT2D eigenvalue weighted by Gasteiger charge is 2.48. The highest BCUT2D eigenvalue weighted by Crippen LogP contribution is 2.45. The first-order valence-corrected chi connectivity index (χ1v) is 14.2. The summed E-state index contributed by atoms with van der Waals surface area (Å²) >= 11 is 8.62. The number of carbonyl (C=O) groups excluding carboxylic acids is 2. The van der Waals surface area contributed by atoms with E-state index in [1.807, 2.05) is 0 Å². The molecule has 12 heteroatoms. The molecule has 8 nitrogen and oxygen atoms in total. The lowest BCUT2D eigenvalue weighted by Gasteiger charge is -2.23. The minimum absolute atomic E-state index is 0.125. The third-order valence-corrected chi connectivity index (χ3v) is 8.68. The van der Waals surface area contributed by atoms with Crippen LogP contribution in [0.4, 0.5) is 9.52 Å². The van der Waals surface area contributed by atoms with E-state index < -0.39 is 17.7 Å². The van der Waals surface area contributed by atoms with E-state index in [9.17, 15) is 19.1 Å². The van der Waals surface area contributed by atoms with Crippen LogP contribution in [-0.2, 0) is 15.3 Å². The van der Waals surface area contributed by atoms with Crippen LogP contribution < -0.4 is 14.4 Å². The Morgan fingerprint density at radius 3 is 2.65 bits per heavy atom. The van der Waals surface area contributed by atoms with Crippen molar-refractivity contribution in [3.8, 4) is 11.5 Å². The maximum Gasteiger partial charge on any atom is 0.301 e. The SMILES string of the molecule is O=C1C(=O)N(c2nnc(SCc3ccccc3F)s2)[C@H](c2cccc(Cl)c2)/C1=C(\O)c1ccc2c(c1)OCCO2. The predicted octanol–water partition coefficient (Wildman–Crippen LogP) is 6.02. The van der Waals surface area contributed by atoms with E-state index in [-0.39, 0.29) is 27.8 Å². The number of benzene rings is 3. The Morgan fingerprint density at radius 1 is 1.05 bits per heavy atom. The maximum absolute atomic E-state index is 14.1. The van der Waals surface area contributed by atoms with Crippen LogP contribution in [-0.4, -0.2) is 40.2 Å². The molecule has 40 heavy (non-hydrogen) atoms. The predicted molar refractivity (Wildman–Crippen MR) is 150 cm³/mol. The van der Waals surface area contributed by atoms with Crippen molar-refractivity contribution in [1.82, 2.24) is 10.2 Å². The van der Waals surface area contributed by atoms with Gasteiger partial charge in [-0.1, -0.05) is 65.0 Å². The van der Waals surface area contributed by atoms with E-state index in [0.29, 0.717) is 51.0 Å². The number of Topliss-reactive ketones (excluding diaryl/α,β-unsaturated/α-hetero) is 1. The molecule has 1 atom stereocenters. The van der Waals surface area contributed by atoms with Gasteiger partial charge in [-0.15, -0.1) is 10.2 Å². The molecule has 202 valence electrons. The number of anilines is 1. The molecule has 2 aliphatic rings. The van der Waals surface area contributed by atoms with Crippen LogP contribution in [0.3, 0.4) is 0 Å². The van der Waals surface area contributed by atoms with Crippen molar-refractivity contribution in [3.05, 3.63) is 99.8 Å². The van der Waals surface area contributed by atoms with Gasteiger partial charge in [0.1, 0.15) is 24.8 Å². The number of ether oxygens (including phenoxy) is 2. The molecule has 1 saturated heterocycles. The molecule has 1 N–H and O–H groups in total. The normalized spacial score (nSPS) is 17.9. The Bertz CT molecular complexity index is 1680. The molecule has 2 aliphatic heterocycles. The molecule has 0 unspecified atom stereocenters. The lowest BCUT2D eigenvalue weighted by Crippen LogP contribution is -2.29. The number of nitrogens with zero attached hydrogens (tertiary/aromatic N) is 3. The van der Waals surface area contributed by atoms with E-state index >= 15 is 0 Å². The maximum atomic E-state index is 14.1. The molecule has 0 bridgehead atoms. The molecule has 0 spiro atoms. The van der Waals surface area contributed by atoms with Crippen LogP contribution in [0, 0.1) is 5.82 Å². The minimum atomic E-state index is -1.02. The van der Waals surface area contributed by atoms with Crippen LogP contribution in [0.1, 0.15) is 22.7 Å². The summed E-state index contributed by atoms with van der Waals surface area (Å²) in [6.45, 7) is 0.749. The highest BCUT2D eigenvalue weighted by molar-refractivity contribution is 8.00. The second-order valence-electron chi connectivity index (χ2n) is 8.81. The molecule has 1 fully saturated rings. The quantitative estimate of drug-likeness (QED) is 0.0949. The summed E-state index contributed by atoms with van der Waals surface area (Å²) in [6.07, 6.45) is 0. The fourth-order valence-corrected chi connectivity index (χ4v) is 6.53. The summed E-state index contributed by atoms with van der Waals surface area (Å²) < 4.78 is 25.7. The average Bonchev–Trinajstić information content (AvgIpc) is 3.54. The number of fused-ring (bicyclic) bond motifs is 1. The number of aliphatic hydroxyl groups excluding tert-OH is 1. The average molecular weight is 596 g/mol. The number of rotatable bonds is 6. The first kappa shape index (κ1) is 26.3. The fraction of sp³-hybridized carbons (Fsp3) is 0.143. The van der Waals surface area contributed by atoms with Crippen molar-refractivity contribution in [3.63, 3.8) is 0 Å². The second kappa shape index (κ2) is 10.9. The summed E-state index contributed by atoms with van der Waals surface area (Å²) in [7, 11) is 0. The number of ketones is 1. The molecular formula is C28H19ClFN3O5S2. The smallest absolute Gasteiger partial charge is 0.301 e. The van der Waals surface area contributed by atoms with E-state index in [1.165, 1.54) is 22.7 Å². The second-order valence-corrected chi connectivity index (χ2v) is 11.4. The Balaban J connectivity index is 1.39. The standard InChI is InChI=1S/C28H19ClFN3O5S2/c29-18-6-3-5-15(12-18)23-22(24(34)16-8-9-20-21(13-16)38-11-10-37-20)25(35)26(36)33(23)27-31-32-28(40-27)39-14-17-4-1-2-7-19(17)30/h1-9,12-13,23,34H,10-11,14H2/b24-22+/t23-/m1/s1. The number of aliphatic hydroxyl groups is 1. The van der Waals surface area contributed by atoms with E-state index in [2.05, 4.69) is 10.2 Å². The van der Waals surface area contributed by atoms with E-state index in [1.54, 1.807) is 60.7 Å². The van der Waals surface area contributed by atoms with Gasteiger partial charge in [0, 0.05) is 16.3 Å². The van der Waals surface area contributed by atoms with Crippen molar-refractivity contribution in [2.24, 2.45) is 0 Å². The molecule has 0 aliphatic carbocycles. The number of amides is 1. The third kappa shape index (κ3) is 4.91. The topological polar surface area (TPSA) is 102 Å². The zero-order valence-corrected chi connectivity index (χ0v) is 22.9. The zero-order valence-electron chi connectivity index (χ0n) is 20.5. The largest absolute Gasteiger partial charge is 0.507 e. The van der Waals surface area contributed by atoms with Crippen LogP contribution in [0.5, 0.6) is 11.5 Å². The molecule has 1 aromatic heterocycles. The van der Waals surface area contributed by atoms with Crippen molar-refractivity contribution in [1.29, 1.82) is 0 Å². The Hall–Kier alpha value is -3.93. The van der Waals surface area contributed by atoms with Crippen molar-refractivity contribution in [2.75, 3.05) is 18.1 Å². The summed E-state index contributed by atoms with van der Waals surface area (Å²) in [5.41, 5.74) is 1.16. The van der Waals surface area contributed by atoms with Gasteiger partial charge in [-0.2, -0.15) is 0 Å². The summed E-state index contributed by atoms with van der Waals surface area (Å²) in [6, 6.07) is 16.9. The number of hydrogen-bond donors (Lipinski definition) is 1. The number of carbonyl (C=O) groups is 2. The highest BCUT2D eigenvalue weighted by atomic mass is 35.5. The summed E-state index contributed by atoms with van der Waals surface area (Å²) in [5, 5.41) is 20.3. The first-order valence-electron chi connectivity index (χ1n) is 12.1. The van der Waals surface area contributed by atoms with Crippen molar-refractivity contribution >= 4 is 57.3 Å². The van der Waals surface area contributed by atoms with Crippen molar-refractivity contribution in [2.45, 2.75) is 16.1 Å². The number of halogens is 2. The van der Waals surface area contributed by atoms with Gasteiger partial charge in [-0.05, 0) is 47.5 Å².